The number of benzene rings is 1. The minimum Gasteiger partial charge on any atom is -0.494 e. The summed E-state index contributed by atoms with van der Waals surface area (Å²) < 4.78 is 5.85. The summed E-state index contributed by atoms with van der Waals surface area (Å²) in [6, 6.07) is 8.68. The van der Waals surface area contributed by atoms with Gasteiger partial charge >= 0.3 is 0 Å². The lowest BCUT2D eigenvalue weighted by molar-refractivity contribution is 0.289. The lowest BCUT2D eigenvalue weighted by atomic mass is 9.95. The predicted molar refractivity (Wildman–Crippen MR) is 86.2 cm³/mol. The largest absolute Gasteiger partial charge is 0.494 e. The topological polar surface area (TPSA) is 9.23 Å². The Balaban J connectivity index is 1.75. The summed E-state index contributed by atoms with van der Waals surface area (Å²) in [5.41, 5.74) is 1.43. The molecule has 0 bridgehead atoms. The zero-order valence-electron chi connectivity index (χ0n) is 13.4. The van der Waals surface area contributed by atoms with Gasteiger partial charge in [0.05, 0.1) is 6.61 Å². The number of hydrogen-bond acceptors (Lipinski definition) is 1. The van der Waals surface area contributed by atoms with Crippen LogP contribution in [-0.4, -0.2) is 6.61 Å². The van der Waals surface area contributed by atoms with Crippen LogP contribution in [0.3, 0.4) is 0 Å². The minimum absolute atomic E-state index is 0.709. The molecule has 0 radical (unpaired) electrons. The van der Waals surface area contributed by atoms with E-state index in [0.29, 0.717) is 5.92 Å². The van der Waals surface area contributed by atoms with E-state index in [4.69, 9.17) is 4.74 Å². The third kappa shape index (κ3) is 5.98. The van der Waals surface area contributed by atoms with Crippen LogP contribution in [0.5, 0.6) is 5.75 Å². The molecule has 0 saturated heterocycles. The highest BCUT2D eigenvalue weighted by Crippen LogP contribution is 2.35. The number of hydrogen-bond donors (Lipinski definition) is 0. The summed E-state index contributed by atoms with van der Waals surface area (Å²) in [5.74, 6) is 3.60. The fourth-order valence-corrected chi connectivity index (χ4v) is 2.61. The van der Waals surface area contributed by atoms with Gasteiger partial charge in [-0.25, -0.2) is 0 Å². The van der Waals surface area contributed by atoms with Crippen molar-refractivity contribution >= 4 is 0 Å². The average molecular weight is 274 g/mol. The van der Waals surface area contributed by atoms with Crippen LogP contribution in [0.2, 0.25) is 0 Å². The smallest absolute Gasteiger partial charge is 0.119 e. The molecule has 0 aliphatic heterocycles. The highest BCUT2D eigenvalue weighted by atomic mass is 16.5. The first-order valence-corrected chi connectivity index (χ1v) is 8.35. The van der Waals surface area contributed by atoms with E-state index in [0.717, 1.165) is 30.6 Å². The van der Waals surface area contributed by atoms with E-state index in [1.54, 1.807) is 0 Å². The van der Waals surface area contributed by atoms with Crippen molar-refractivity contribution < 1.29 is 4.74 Å². The Labute approximate surface area is 124 Å². The highest BCUT2D eigenvalue weighted by Gasteiger charge is 2.21. The lowest BCUT2D eigenvalue weighted by Crippen LogP contribution is -2.03. The average Bonchev–Trinajstić information content (AvgIpc) is 3.20. The van der Waals surface area contributed by atoms with Gasteiger partial charge in [-0.15, -0.1) is 0 Å². The highest BCUT2D eigenvalue weighted by molar-refractivity contribution is 5.28. The van der Waals surface area contributed by atoms with Gasteiger partial charge in [-0.2, -0.15) is 0 Å². The quantitative estimate of drug-likeness (QED) is 0.579. The molecule has 1 nitrogen and oxygen atoms in total. The monoisotopic (exact) mass is 274 g/mol. The SMILES string of the molecule is CC(C)CCOc1cccc(CC(C)CCC2CC2)c1. The van der Waals surface area contributed by atoms with Gasteiger partial charge in [0.1, 0.15) is 5.75 Å². The Kier molecular flexibility index (Phi) is 5.94. The third-order valence-electron chi connectivity index (χ3n) is 4.21. The molecule has 1 saturated carbocycles. The summed E-state index contributed by atoms with van der Waals surface area (Å²) in [7, 11) is 0. The molecule has 20 heavy (non-hydrogen) atoms. The zero-order valence-corrected chi connectivity index (χ0v) is 13.4. The second kappa shape index (κ2) is 7.71. The molecule has 1 unspecified atom stereocenters. The maximum absolute atomic E-state index is 5.85. The van der Waals surface area contributed by atoms with Crippen LogP contribution in [0.25, 0.3) is 0 Å². The third-order valence-corrected chi connectivity index (χ3v) is 4.21. The van der Waals surface area contributed by atoms with Gasteiger partial charge in [-0.3, -0.25) is 0 Å². The van der Waals surface area contributed by atoms with Gasteiger partial charge in [-0.1, -0.05) is 58.6 Å². The van der Waals surface area contributed by atoms with Gasteiger partial charge in [0.2, 0.25) is 0 Å². The van der Waals surface area contributed by atoms with Crippen LogP contribution in [0.4, 0.5) is 0 Å². The summed E-state index contributed by atoms with van der Waals surface area (Å²) in [4.78, 5) is 0. The summed E-state index contributed by atoms with van der Waals surface area (Å²) in [5, 5.41) is 0. The summed E-state index contributed by atoms with van der Waals surface area (Å²) in [6.45, 7) is 7.69. The van der Waals surface area contributed by atoms with Crippen LogP contribution in [0, 0.1) is 17.8 Å². The van der Waals surface area contributed by atoms with Crippen molar-refractivity contribution in [3.05, 3.63) is 29.8 Å². The molecule has 0 amide bonds. The molecule has 0 heterocycles. The van der Waals surface area contributed by atoms with Gasteiger partial charge in [-0.05, 0) is 48.3 Å². The van der Waals surface area contributed by atoms with E-state index in [1.807, 2.05) is 0 Å². The second-order valence-electron chi connectivity index (χ2n) is 7.01. The van der Waals surface area contributed by atoms with E-state index in [-0.39, 0.29) is 0 Å². The Bertz CT molecular complexity index is 393. The van der Waals surface area contributed by atoms with Crippen molar-refractivity contribution in [3.63, 3.8) is 0 Å². The maximum Gasteiger partial charge on any atom is 0.119 e. The van der Waals surface area contributed by atoms with Crippen LogP contribution >= 0.6 is 0 Å². The summed E-state index contributed by atoms with van der Waals surface area (Å²) in [6.07, 6.45) is 8.09. The summed E-state index contributed by atoms with van der Waals surface area (Å²) >= 11 is 0. The standard InChI is InChI=1S/C19H30O/c1-15(2)11-12-20-19-6-4-5-18(14-19)13-16(3)7-8-17-9-10-17/h4-6,14-17H,7-13H2,1-3H3. The molecule has 1 aromatic carbocycles. The molecular weight excluding hydrogens is 244 g/mol. The molecule has 1 aliphatic carbocycles. The second-order valence-corrected chi connectivity index (χ2v) is 7.01. The normalized spacial score (nSPS) is 16.4. The van der Waals surface area contributed by atoms with Crippen molar-refractivity contribution in [3.8, 4) is 5.75 Å². The van der Waals surface area contributed by atoms with E-state index < -0.39 is 0 Å². The Morgan fingerprint density at radius 2 is 1.95 bits per heavy atom. The van der Waals surface area contributed by atoms with Gasteiger partial charge < -0.3 is 4.74 Å². The molecule has 2 rings (SSSR count). The molecule has 1 aliphatic rings. The lowest BCUT2D eigenvalue weighted by Gasteiger charge is -2.13. The van der Waals surface area contributed by atoms with Crippen molar-refractivity contribution in [2.45, 2.75) is 59.3 Å². The minimum atomic E-state index is 0.709. The van der Waals surface area contributed by atoms with Crippen molar-refractivity contribution in [2.24, 2.45) is 17.8 Å². The molecular formula is C19H30O. The molecule has 1 atom stereocenters. The molecule has 112 valence electrons. The van der Waals surface area contributed by atoms with E-state index in [1.165, 1.54) is 37.7 Å². The first-order chi connectivity index (χ1) is 9.63. The first kappa shape index (κ1) is 15.4. The fourth-order valence-electron chi connectivity index (χ4n) is 2.61. The fraction of sp³-hybridized carbons (Fsp3) is 0.684. The van der Waals surface area contributed by atoms with Gasteiger partial charge in [0, 0.05) is 0 Å². The van der Waals surface area contributed by atoms with Crippen molar-refractivity contribution in [2.75, 3.05) is 6.61 Å². The molecule has 1 fully saturated rings. The zero-order chi connectivity index (χ0) is 14.4. The van der Waals surface area contributed by atoms with Gasteiger partial charge in [0.25, 0.3) is 0 Å². The number of ether oxygens (including phenoxy) is 1. The van der Waals surface area contributed by atoms with Crippen molar-refractivity contribution in [1.82, 2.24) is 0 Å². The van der Waals surface area contributed by atoms with Crippen LogP contribution in [0.15, 0.2) is 24.3 Å². The maximum atomic E-state index is 5.85. The molecule has 0 N–H and O–H groups in total. The Morgan fingerprint density at radius 3 is 2.65 bits per heavy atom. The van der Waals surface area contributed by atoms with Crippen LogP contribution in [-0.2, 0) is 6.42 Å². The van der Waals surface area contributed by atoms with Crippen LogP contribution in [0.1, 0.15) is 58.4 Å². The van der Waals surface area contributed by atoms with Crippen LogP contribution < -0.4 is 4.74 Å². The van der Waals surface area contributed by atoms with E-state index >= 15 is 0 Å². The molecule has 0 aromatic heterocycles. The number of rotatable bonds is 9. The first-order valence-electron chi connectivity index (χ1n) is 8.35. The molecule has 1 aromatic rings. The molecule has 0 spiro atoms. The molecule has 1 heteroatoms. The predicted octanol–water partition coefficient (Wildman–Crippen LogP) is 5.48. The van der Waals surface area contributed by atoms with E-state index in [2.05, 4.69) is 45.0 Å². The van der Waals surface area contributed by atoms with E-state index in [9.17, 15) is 0 Å². The Hall–Kier alpha value is -0.980. The Morgan fingerprint density at radius 1 is 1.15 bits per heavy atom. The van der Waals surface area contributed by atoms with Gasteiger partial charge in [0.15, 0.2) is 0 Å². The van der Waals surface area contributed by atoms with Crippen molar-refractivity contribution in [1.29, 1.82) is 0 Å².